The maximum absolute atomic E-state index is 11.8. The number of halogens is 1. The van der Waals surface area contributed by atoms with Crippen LogP contribution in [0.5, 0.6) is 0 Å². The van der Waals surface area contributed by atoms with Crippen molar-refractivity contribution in [1.29, 1.82) is 0 Å². The highest BCUT2D eigenvalue weighted by Gasteiger charge is 2.11. The first-order chi connectivity index (χ1) is 14.3. The first-order valence-corrected chi connectivity index (χ1v) is 12.1. The predicted molar refractivity (Wildman–Crippen MR) is 139 cm³/mol. The molecule has 3 aromatic rings. The van der Waals surface area contributed by atoms with E-state index in [-0.39, 0.29) is 24.0 Å². The average molecular weight is 554 g/mol. The van der Waals surface area contributed by atoms with E-state index in [0.29, 0.717) is 11.4 Å². The molecule has 31 heavy (non-hydrogen) atoms. The second-order valence-corrected chi connectivity index (χ2v) is 9.54. The standard InChI is InChI=1S/C23H30N4O2S.HI/c1-5-24-23(27-14-18-9-10-21(17(3)13-18)30(4,28)29)25-12-11-19-15-26-20-8-6-7-16(2)22(19)20;/h6-10,13,15,26H,5,11-12,14H2,1-4H3,(H2,24,25,27);1H. The van der Waals surface area contributed by atoms with Gasteiger partial charge in [0.15, 0.2) is 15.8 Å². The third kappa shape index (κ3) is 6.46. The fourth-order valence-electron chi connectivity index (χ4n) is 3.70. The number of nitrogens with one attached hydrogen (secondary N) is 3. The first kappa shape index (κ1) is 25.2. The van der Waals surface area contributed by atoms with Gasteiger partial charge < -0.3 is 15.6 Å². The monoisotopic (exact) mass is 554 g/mol. The van der Waals surface area contributed by atoms with Crippen molar-refractivity contribution in [2.75, 3.05) is 19.3 Å². The van der Waals surface area contributed by atoms with E-state index in [2.05, 4.69) is 51.9 Å². The first-order valence-electron chi connectivity index (χ1n) is 10.2. The van der Waals surface area contributed by atoms with Crippen molar-refractivity contribution < 1.29 is 8.42 Å². The SMILES string of the molecule is CCNC(=NCc1ccc(S(C)(=O)=O)c(C)c1)NCCc1c[nH]c2cccc(C)c12.I. The number of hydrogen-bond donors (Lipinski definition) is 3. The molecule has 1 heterocycles. The van der Waals surface area contributed by atoms with E-state index in [4.69, 9.17) is 0 Å². The lowest BCUT2D eigenvalue weighted by Crippen LogP contribution is -2.38. The van der Waals surface area contributed by atoms with E-state index >= 15 is 0 Å². The Hall–Kier alpha value is -2.07. The Kier molecular flexibility index (Phi) is 8.93. The van der Waals surface area contributed by atoms with Gasteiger partial charge in [0.1, 0.15) is 0 Å². The normalized spacial score (nSPS) is 11.9. The Labute approximate surface area is 201 Å². The predicted octanol–water partition coefficient (Wildman–Crippen LogP) is 4.10. The maximum Gasteiger partial charge on any atom is 0.191 e. The number of rotatable bonds is 7. The molecule has 1 aromatic heterocycles. The van der Waals surface area contributed by atoms with E-state index in [0.717, 1.165) is 36.6 Å². The lowest BCUT2D eigenvalue weighted by atomic mass is 10.1. The van der Waals surface area contributed by atoms with Gasteiger partial charge in [-0.1, -0.05) is 24.3 Å². The van der Waals surface area contributed by atoms with Gasteiger partial charge in [-0.25, -0.2) is 13.4 Å². The number of hydrogen-bond acceptors (Lipinski definition) is 3. The van der Waals surface area contributed by atoms with Gasteiger partial charge in [0.05, 0.1) is 11.4 Å². The van der Waals surface area contributed by atoms with Crippen molar-refractivity contribution in [3.05, 3.63) is 64.8 Å². The van der Waals surface area contributed by atoms with Crippen molar-refractivity contribution in [2.45, 2.75) is 38.6 Å². The Bertz CT molecular complexity index is 1170. The number of fused-ring (bicyclic) bond motifs is 1. The van der Waals surface area contributed by atoms with E-state index in [9.17, 15) is 8.42 Å². The van der Waals surface area contributed by atoms with Crippen LogP contribution in [0.25, 0.3) is 10.9 Å². The lowest BCUT2D eigenvalue weighted by molar-refractivity contribution is 0.601. The molecule has 0 bridgehead atoms. The third-order valence-corrected chi connectivity index (χ3v) is 6.34. The van der Waals surface area contributed by atoms with E-state index in [1.54, 1.807) is 6.07 Å². The quantitative estimate of drug-likeness (QED) is 0.233. The number of aliphatic imine (C=N–C) groups is 1. The molecule has 0 aliphatic heterocycles. The number of sulfone groups is 1. The molecule has 3 N–H and O–H groups in total. The summed E-state index contributed by atoms with van der Waals surface area (Å²) in [6.45, 7) is 7.99. The van der Waals surface area contributed by atoms with E-state index in [1.807, 2.05) is 26.0 Å². The van der Waals surface area contributed by atoms with Crippen LogP contribution in [0.15, 0.2) is 52.5 Å². The molecule has 0 fully saturated rings. The lowest BCUT2D eigenvalue weighted by Gasteiger charge is -2.12. The number of aromatic nitrogens is 1. The van der Waals surface area contributed by atoms with Gasteiger partial charge >= 0.3 is 0 Å². The van der Waals surface area contributed by atoms with E-state index in [1.165, 1.54) is 28.3 Å². The van der Waals surface area contributed by atoms with Crippen LogP contribution in [0.2, 0.25) is 0 Å². The second kappa shape index (κ2) is 11.0. The summed E-state index contributed by atoms with van der Waals surface area (Å²) in [6.07, 6.45) is 4.20. The zero-order valence-corrected chi connectivity index (χ0v) is 21.6. The van der Waals surface area contributed by atoms with Crippen LogP contribution >= 0.6 is 24.0 Å². The topological polar surface area (TPSA) is 86.3 Å². The summed E-state index contributed by atoms with van der Waals surface area (Å²) in [5, 5.41) is 7.95. The number of H-pyrrole nitrogens is 1. The molecule has 3 rings (SSSR count). The molecule has 0 atom stereocenters. The Balaban J connectivity index is 0.00000341. The van der Waals surface area contributed by atoms with Gasteiger partial charge in [0.25, 0.3) is 0 Å². The van der Waals surface area contributed by atoms with Crippen molar-refractivity contribution in [3.8, 4) is 0 Å². The number of nitrogens with zero attached hydrogens (tertiary/aromatic N) is 1. The smallest absolute Gasteiger partial charge is 0.191 e. The van der Waals surface area contributed by atoms with Crippen LogP contribution in [0.3, 0.4) is 0 Å². The molecule has 0 saturated heterocycles. The number of guanidine groups is 1. The summed E-state index contributed by atoms with van der Waals surface area (Å²) in [7, 11) is -3.21. The molecule has 8 heteroatoms. The Morgan fingerprint density at radius 3 is 2.55 bits per heavy atom. The van der Waals surface area contributed by atoms with Crippen LogP contribution in [0.1, 0.15) is 29.2 Å². The van der Waals surface area contributed by atoms with Crippen molar-refractivity contribution in [1.82, 2.24) is 15.6 Å². The molecule has 0 aliphatic rings. The van der Waals surface area contributed by atoms with Gasteiger partial charge in [0, 0.05) is 36.4 Å². The van der Waals surface area contributed by atoms with Gasteiger partial charge in [-0.05, 0) is 61.6 Å². The van der Waals surface area contributed by atoms with Crippen molar-refractivity contribution in [2.24, 2.45) is 4.99 Å². The minimum Gasteiger partial charge on any atom is -0.361 e. The van der Waals surface area contributed by atoms with Gasteiger partial charge in [-0.3, -0.25) is 0 Å². The Morgan fingerprint density at radius 2 is 1.87 bits per heavy atom. The molecule has 6 nitrogen and oxygen atoms in total. The molecular formula is C23H31IN4O2S. The highest BCUT2D eigenvalue weighted by Crippen LogP contribution is 2.22. The molecule has 0 saturated carbocycles. The molecule has 168 valence electrons. The van der Waals surface area contributed by atoms with Gasteiger partial charge in [-0.2, -0.15) is 0 Å². The Morgan fingerprint density at radius 1 is 1.10 bits per heavy atom. The van der Waals surface area contributed by atoms with Crippen LogP contribution in [-0.2, 0) is 22.8 Å². The molecule has 0 amide bonds. The van der Waals surface area contributed by atoms with Gasteiger partial charge in [-0.15, -0.1) is 24.0 Å². The summed E-state index contributed by atoms with van der Waals surface area (Å²) < 4.78 is 23.6. The fourth-order valence-corrected chi connectivity index (χ4v) is 4.66. The van der Waals surface area contributed by atoms with Crippen molar-refractivity contribution >= 4 is 50.7 Å². The summed E-state index contributed by atoms with van der Waals surface area (Å²) in [4.78, 5) is 8.37. The van der Waals surface area contributed by atoms with Crippen LogP contribution in [-0.4, -0.2) is 38.7 Å². The molecule has 0 aliphatic carbocycles. The fraction of sp³-hybridized carbons (Fsp3) is 0.348. The average Bonchev–Trinajstić information content (AvgIpc) is 3.09. The summed E-state index contributed by atoms with van der Waals surface area (Å²) in [5.41, 5.74) is 5.45. The summed E-state index contributed by atoms with van der Waals surface area (Å²) >= 11 is 0. The van der Waals surface area contributed by atoms with Crippen LogP contribution in [0.4, 0.5) is 0 Å². The largest absolute Gasteiger partial charge is 0.361 e. The highest BCUT2D eigenvalue weighted by atomic mass is 127. The maximum atomic E-state index is 11.8. The van der Waals surface area contributed by atoms with Crippen LogP contribution in [0, 0.1) is 13.8 Å². The zero-order chi connectivity index (χ0) is 21.7. The van der Waals surface area contributed by atoms with Gasteiger partial charge in [0.2, 0.25) is 0 Å². The molecule has 2 aromatic carbocycles. The summed E-state index contributed by atoms with van der Waals surface area (Å²) in [5.74, 6) is 0.749. The van der Waals surface area contributed by atoms with Crippen molar-refractivity contribution in [3.63, 3.8) is 0 Å². The number of aromatic amines is 1. The minimum atomic E-state index is -3.21. The minimum absolute atomic E-state index is 0. The highest BCUT2D eigenvalue weighted by molar-refractivity contribution is 14.0. The zero-order valence-electron chi connectivity index (χ0n) is 18.5. The molecular weight excluding hydrogens is 523 g/mol. The molecule has 0 unspecified atom stereocenters. The van der Waals surface area contributed by atoms with E-state index < -0.39 is 9.84 Å². The second-order valence-electron chi connectivity index (χ2n) is 7.56. The number of aryl methyl sites for hydroxylation is 2. The summed E-state index contributed by atoms with van der Waals surface area (Å²) in [6, 6.07) is 11.7. The molecule has 0 spiro atoms. The van der Waals surface area contributed by atoms with Crippen LogP contribution < -0.4 is 10.6 Å². The number of benzene rings is 2. The molecule has 0 radical (unpaired) electrons. The third-order valence-electron chi connectivity index (χ3n) is 5.09.